The number of sulfonamides is 1. The predicted octanol–water partition coefficient (Wildman–Crippen LogP) is 3.37. The molecule has 0 heterocycles. The average molecular weight is 357 g/mol. The molecule has 122 valence electrons. The predicted molar refractivity (Wildman–Crippen MR) is 86.6 cm³/mol. The van der Waals surface area contributed by atoms with E-state index in [0.29, 0.717) is 11.3 Å². The largest absolute Gasteiger partial charge is 0.497 e. The molecule has 1 N–H and O–H groups in total. The van der Waals surface area contributed by atoms with Crippen molar-refractivity contribution in [3.8, 4) is 5.75 Å². The van der Waals surface area contributed by atoms with Gasteiger partial charge >= 0.3 is 0 Å². The topological polar surface area (TPSA) is 98.5 Å². The van der Waals surface area contributed by atoms with Gasteiger partial charge in [0.1, 0.15) is 15.7 Å². The average Bonchev–Trinajstić information content (AvgIpc) is 2.49. The SMILES string of the molecule is COc1ccc(NS(=O)(=O)c2cc(C)cc([N+](=O)[O-])c2Cl)cc1. The third-order valence-electron chi connectivity index (χ3n) is 2.99. The Bertz CT molecular complexity index is 850. The number of nitrogens with zero attached hydrogens (tertiary/aromatic N) is 1. The second-order valence-corrected chi connectivity index (χ2v) is 6.72. The minimum absolute atomic E-state index is 0.283. The fraction of sp³-hybridized carbons (Fsp3) is 0.143. The first-order valence-corrected chi connectivity index (χ1v) is 8.22. The Labute approximate surface area is 138 Å². The van der Waals surface area contributed by atoms with E-state index >= 15 is 0 Å². The van der Waals surface area contributed by atoms with Crippen molar-refractivity contribution in [2.75, 3.05) is 11.8 Å². The number of halogens is 1. The van der Waals surface area contributed by atoms with E-state index in [2.05, 4.69) is 4.72 Å². The summed E-state index contributed by atoms with van der Waals surface area (Å²) in [6.45, 7) is 1.55. The van der Waals surface area contributed by atoms with Gasteiger partial charge in [-0.15, -0.1) is 0 Å². The summed E-state index contributed by atoms with van der Waals surface area (Å²) in [7, 11) is -2.58. The summed E-state index contributed by atoms with van der Waals surface area (Å²) in [5, 5.41) is 10.5. The molecule has 0 aliphatic rings. The molecular weight excluding hydrogens is 344 g/mol. The number of hydrogen-bond acceptors (Lipinski definition) is 5. The highest BCUT2D eigenvalue weighted by Gasteiger charge is 2.25. The van der Waals surface area contributed by atoms with Gasteiger partial charge in [0.15, 0.2) is 0 Å². The molecule has 0 radical (unpaired) electrons. The zero-order valence-electron chi connectivity index (χ0n) is 12.2. The van der Waals surface area contributed by atoms with Crippen LogP contribution in [0.3, 0.4) is 0 Å². The second-order valence-electron chi connectivity index (χ2n) is 4.69. The summed E-state index contributed by atoms with van der Waals surface area (Å²) in [5.41, 5.74) is 0.240. The molecule has 0 amide bonds. The van der Waals surface area contributed by atoms with E-state index in [9.17, 15) is 18.5 Å². The van der Waals surface area contributed by atoms with Crippen LogP contribution < -0.4 is 9.46 Å². The van der Waals surface area contributed by atoms with Gasteiger partial charge in [0.25, 0.3) is 15.7 Å². The van der Waals surface area contributed by atoms with E-state index < -0.39 is 25.7 Å². The molecule has 7 nitrogen and oxygen atoms in total. The van der Waals surface area contributed by atoms with E-state index in [4.69, 9.17) is 16.3 Å². The van der Waals surface area contributed by atoms with Gasteiger partial charge in [-0.2, -0.15) is 0 Å². The number of benzene rings is 2. The van der Waals surface area contributed by atoms with E-state index in [1.165, 1.54) is 31.4 Å². The maximum absolute atomic E-state index is 12.5. The number of methoxy groups -OCH3 is 1. The van der Waals surface area contributed by atoms with Crippen molar-refractivity contribution in [3.63, 3.8) is 0 Å². The number of nitro benzene ring substituents is 1. The molecule has 0 aromatic heterocycles. The van der Waals surface area contributed by atoms with Crippen molar-refractivity contribution in [2.45, 2.75) is 11.8 Å². The molecule has 0 aliphatic carbocycles. The molecule has 2 aromatic carbocycles. The van der Waals surface area contributed by atoms with Gasteiger partial charge in [0, 0.05) is 11.8 Å². The Morgan fingerprint density at radius 3 is 2.35 bits per heavy atom. The molecule has 2 aromatic rings. The summed E-state index contributed by atoms with van der Waals surface area (Å²) in [6.07, 6.45) is 0. The van der Waals surface area contributed by atoms with Crippen LogP contribution in [0.1, 0.15) is 5.56 Å². The molecule has 0 saturated heterocycles. The smallest absolute Gasteiger partial charge is 0.289 e. The molecule has 0 fully saturated rings. The molecule has 23 heavy (non-hydrogen) atoms. The lowest BCUT2D eigenvalue weighted by Crippen LogP contribution is -2.14. The van der Waals surface area contributed by atoms with Crippen LogP contribution in [0.4, 0.5) is 11.4 Å². The van der Waals surface area contributed by atoms with Gasteiger partial charge in [-0.3, -0.25) is 14.8 Å². The third-order valence-corrected chi connectivity index (χ3v) is 4.91. The fourth-order valence-electron chi connectivity index (χ4n) is 1.91. The number of rotatable bonds is 5. The first-order chi connectivity index (χ1) is 10.7. The highest BCUT2D eigenvalue weighted by Crippen LogP contribution is 2.33. The normalized spacial score (nSPS) is 11.1. The Balaban J connectivity index is 2.45. The lowest BCUT2D eigenvalue weighted by Gasteiger charge is -2.11. The standard InChI is InChI=1S/C14H13ClN2O5S/c1-9-7-12(17(18)19)14(15)13(8-9)23(20,21)16-10-3-5-11(22-2)6-4-10/h3-8,16H,1-2H3. The van der Waals surface area contributed by atoms with Gasteiger partial charge in [0.2, 0.25) is 0 Å². The molecular formula is C14H13ClN2O5S. The van der Waals surface area contributed by atoms with Crippen molar-refractivity contribution in [1.82, 2.24) is 0 Å². The maximum Gasteiger partial charge on any atom is 0.289 e. The van der Waals surface area contributed by atoms with Crippen LogP contribution in [0.5, 0.6) is 5.75 Å². The van der Waals surface area contributed by atoms with Crippen LogP contribution in [0.15, 0.2) is 41.3 Å². The van der Waals surface area contributed by atoms with Crippen LogP contribution in [-0.4, -0.2) is 20.5 Å². The number of hydrogen-bond donors (Lipinski definition) is 1. The molecule has 2 rings (SSSR count). The summed E-state index contributed by atoms with van der Waals surface area (Å²) in [4.78, 5) is 9.91. The summed E-state index contributed by atoms with van der Waals surface area (Å²) in [6, 6.07) is 8.68. The molecule has 9 heteroatoms. The maximum atomic E-state index is 12.5. The van der Waals surface area contributed by atoms with Crippen LogP contribution in [-0.2, 0) is 10.0 Å². The lowest BCUT2D eigenvalue weighted by molar-refractivity contribution is -0.385. The Morgan fingerprint density at radius 2 is 1.83 bits per heavy atom. The van der Waals surface area contributed by atoms with Gasteiger partial charge < -0.3 is 4.74 Å². The molecule has 0 aliphatic heterocycles. The van der Waals surface area contributed by atoms with Crippen LogP contribution in [0, 0.1) is 17.0 Å². The quantitative estimate of drug-likeness (QED) is 0.654. The molecule has 0 unspecified atom stereocenters. The fourth-order valence-corrected chi connectivity index (χ4v) is 3.64. The van der Waals surface area contributed by atoms with E-state index in [0.717, 1.165) is 0 Å². The summed E-state index contributed by atoms with van der Waals surface area (Å²) < 4.78 is 32.2. The number of nitro groups is 1. The monoisotopic (exact) mass is 356 g/mol. The molecule has 0 atom stereocenters. The van der Waals surface area contributed by atoms with Gasteiger partial charge in [-0.1, -0.05) is 11.6 Å². The van der Waals surface area contributed by atoms with Crippen molar-refractivity contribution < 1.29 is 18.1 Å². The highest BCUT2D eigenvalue weighted by atomic mass is 35.5. The van der Waals surface area contributed by atoms with Gasteiger partial charge in [0.05, 0.1) is 12.0 Å². The third kappa shape index (κ3) is 3.72. The van der Waals surface area contributed by atoms with Crippen LogP contribution in [0.25, 0.3) is 0 Å². The molecule has 0 spiro atoms. The Hall–Kier alpha value is -2.32. The van der Waals surface area contributed by atoms with E-state index in [-0.39, 0.29) is 10.6 Å². The number of aryl methyl sites for hydroxylation is 1. The first kappa shape index (κ1) is 17.0. The van der Waals surface area contributed by atoms with Gasteiger partial charge in [-0.05, 0) is 42.8 Å². The Morgan fingerprint density at radius 1 is 1.22 bits per heavy atom. The summed E-state index contributed by atoms with van der Waals surface area (Å²) >= 11 is 5.89. The van der Waals surface area contributed by atoms with Crippen molar-refractivity contribution in [3.05, 3.63) is 57.1 Å². The molecule has 0 bridgehead atoms. The van der Waals surface area contributed by atoms with E-state index in [1.54, 1.807) is 19.1 Å². The van der Waals surface area contributed by atoms with E-state index in [1.807, 2.05) is 0 Å². The number of anilines is 1. The van der Waals surface area contributed by atoms with Crippen LogP contribution in [0.2, 0.25) is 5.02 Å². The summed E-state index contributed by atoms with van der Waals surface area (Å²) in [5.74, 6) is 0.567. The first-order valence-electron chi connectivity index (χ1n) is 6.36. The zero-order valence-corrected chi connectivity index (χ0v) is 13.8. The number of ether oxygens (including phenoxy) is 1. The lowest BCUT2D eigenvalue weighted by atomic mass is 10.2. The van der Waals surface area contributed by atoms with Crippen molar-refractivity contribution in [2.24, 2.45) is 0 Å². The minimum Gasteiger partial charge on any atom is -0.497 e. The highest BCUT2D eigenvalue weighted by molar-refractivity contribution is 7.92. The Kier molecular flexibility index (Phi) is 4.76. The minimum atomic E-state index is -4.07. The molecule has 0 saturated carbocycles. The van der Waals surface area contributed by atoms with Crippen molar-refractivity contribution >= 4 is 33.0 Å². The zero-order chi connectivity index (χ0) is 17.2. The second kappa shape index (κ2) is 6.43. The van der Waals surface area contributed by atoms with Crippen molar-refractivity contribution in [1.29, 1.82) is 0 Å². The van der Waals surface area contributed by atoms with Crippen LogP contribution >= 0.6 is 11.6 Å². The number of nitrogens with one attached hydrogen (secondary N) is 1. The van der Waals surface area contributed by atoms with Gasteiger partial charge in [-0.25, -0.2) is 8.42 Å².